The molecule has 1 atom stereocenters. The minimum atomic E-state index is -1.03. The molecule has 1 aliphatic heterocycles. The number of aliphatic hydroxyl groups is 1. The van der Waals surface area contributed by atoms with Crippen LogP contribution >= 0.6 is 11.6 Å². The van der Waals surface area contributed by atoms with Crippen LogP contribution in [0.15, 0.2) is 23.4 Å². The first-order valence-electron chi connectivity index (χ1n) is 4.27. The molecule has 1 aliphatic rings. The average Bonchev–Trinajstić information content (AvgIpc) is 2.46. The highest BCUT2D eigenvalue weighted by molar-refractivity contribution is 6.32. The zero-order valence-corrected chi connectivity index (χ0v) is 8.44. The van der Waals surface area contributed by atoms with Crippen LogP contribution in [0, 0.1) is 0 Å². The molecule has 0 bridgehead atoms. The van der Waals surface area contributed by atoms with Crippen LogP contribution in [0.3, 0.4) is 0 Å². The maximum Gasteiger partial charge on any atom is 0.170 e. The minimum absolute atomic E-state index is 0.472. The second-order valence-electron chi connectivity index (χ2n) is 3.34. The first kappa shape index (κ1) is 9.43. The predicted molar refractivity (Wildman–Crippen MR) is 55.5 cm³/mol. The van der Waals surface area contributed by atoms with Crippen LogP contribution in [0.4, 0.5) is 5.82 Å². The fourth-order valence-electron chi connectivity index (χ4n) is 1.32. The Morgan fingerprint density at radius 2 is 2.43 bits per heavy atom. The van der Waals surface area contributed by atoms with E-state index in [4.69, 9.17) is 11.6 Å². The zero-order valence-electron chi connectivity index (χ0n) is 7.68. The molecule has 14 heavy (non-hydrogen) atoms. The lowest BCUT2D eigenvalue weighted by atomic mass is 10.2. The third kappa shape index (κ3) is 1.47. The highest BCUT2D eigenvalue weighted by atomic mass is 35.5. The van der Waals surface area contributed by atoms with Crippen LogP contribution in [0.2, 0.25) is 5.02 Å². The summed E-state index contributed by atoms with van der Waals surface area (Å²) in [6.07, 6.45) is 3.73. The summed E-state index contributed by atoms with van der Waals surface area (Å²) in [6.45, 7) is 1.67. The molecule has 0 aliphatic carbocycles. The molecule has 0 aromatic carbocycles. The minimum Gasteiger partial charge on any atom is -0.369 e. The molecule has 2 rings (SSSR count). The molecule has 1 aromatic heterocycles. The van der Waals surface area contributed by atoms with Gasteiger partial charge in [0.25, 0.3) is 0 Å². The summed E-state index contributed by atoms with van der Waals surface area (Å²) in [5.74, 6) is 0.480. The van der Waals surface area contributed by atoms with Crippen molar-refractivity contribution in [1.29, 1.82) is 0 Å². The van der Waals surface area contributed by atoms with Crippen molar-refractivity contribution in [3.05, 3.63) is 23.4 Å². The Morgan fingerprint density at radius 3 is 3.00 bits per heavy atom. The van der Waals surface area contributed by atoms with Crippen molar-refractivity contribution in [2.75, 3.05) is 5.01 Å². The number of anilines is 1. The highest BCUT2D eigenvalue weighted by Crippen LogP contribution is 2.31. The monoisotopic (exact) mass is 211 g/mol. The molecule has 0 fully saturated rings. The molecule has 0 spiro atoms. The van der Waals surface area contributed by atoms with E-state index in [1.54, 1.807) is 31.5 Å². The van der Waals surface area contributed by atoms with E-state index in [9.17, 15) is 5.11 Å². The molecule has 5 heteroatoms. The van der Waals surface area contributed by atoms with Crippen LogP contribution in [-0.2, 0) is 0 Å². The number of hydrogen-bond donors (Lipinski definition) is 1. The fourth-order valence-corrected chi connectivity index (χ4v) is 1.52. The van der Waals surface area contributed by atoms with Gasteiger partial charge in [0.05, 0.1) is 5.02 Å². The lowest BCUT2D eigenvalue weighted by Crippen LogP contribution is -2.39. The van der Waals surface area contributed by atoms with Gasteiger partial charge in [-0.05, 0) is 19.1 Å². The molecule has 0 saturated carbocycles. The van der Waals surface area contributed by atoms with Gasteiger partial charge in [-0.1, -0.05) is 11.6 Å². The van der Waals surface area contributed by atoms with Gasteiger partial charge in [-0.2, -0.15) is 5.10 Å². The Hall–Kier alpha value is -1.13. The summed E-state index contributed by atoms with van der Waals surface area (Å²) in [5.41, 5.74) is -1.03. The Bertz CT molecular complexity index is 378. The van der Waals surface area contributed by atoms with E-state index >= 15 is 0 Å². The summed E-state index contributed by atoms with van der Waals surface area (Å²) in [5, 5.41) is 15.9. The van der Waals surface area contributed by atoms with Crippen LogP contribution in [0.5, 0.6) is 0 Å². The third-order valence-electron chi connectivity index (χ3n) is 2.07. The molecule has 4 nitrogen and oxygen atoms in total. The van der Waals surface area contributed by atoms with Gasteiger partial charge in [0.2, 0.25) is 0 Å². The van der Waals surface area contributed by atoms with E-state index in [0.717, 1.165) is 0 Å². The summed E-state index contributed by atoms with van der Waals surface area (Å²) < 4.78 is 0. The van der Waals surface area contributed by atoms with Crippen molar-refractivity contribution in [3.8, 4) is 0 Å². The summed E-state index contributed by atoms with van der Waals surface area (Å²) in [7, 11) is 0. The number of halogens is 1. The van der Waals surface area contributed by atoms with Crippen LogP contribution in [0.25, 0.3) is 0 Å². The van der Waals surface area contributed by atoms with Gasteiger partial charge in [-0.3, -0.25) is 0 Å². The van der Waals surface area contributed by atoms with Crippen LogP contribution < -0.4 is 5.01 Å². The second kappa shape index (κ2) is 3.22. The third-order valence-corrected chi connectivity index (χ3v) is 2.37. The normalized spacial score (nSPS) is 25.8. The Balaban J connectivity index is 2.41. The number of hydrazone groups is 1. The lowest BCUT2D eigenvalue weighted by Gasteiger charge is -2.28. The van der Waals surface area contributed by atoms with Crippen LogP contribution in [-0.4, -0.2) is 22.0 Å². The largest absolute Gasteiger partial charge is 0.369 e. The average molecular weight is 212 g/mol. The van der Waals surface area contributed by atoms with Gasteiger partial charge in [0.15, 0.2) is 11.5 Å². The smallest absolute Gasteiger partial charge is 0.170 e. The number of hydrogen-bond acceptors (Lipinski definition) is 4. The van der Waals surface area contributed by atoms with E-state index < -0.39 is 5.72 Å². The molecule has 1 aromatic rings. The summed E-state index contributed by atoms with van der Waals surface area (Å²) in [4.78, 5) is 4.08. The van der Waals surface area contributed by atoms with Crippen molar-refractivity contribution >= 4 is 23.6 Å². The van der Waals surface area contributed by atoms with Gasteiger partial charge in [-0.15, -0.1) is 0 Å². The first-order valence-corrected chi connectivity index (χ1v) is 4.64. The standard InChI is InChI=1S/C9H10ClN3O/c1-9(14)4-6-12-13(9)8-7(10)3-2-5-11-8/h2-3,5-6,14H,4H2,1H3. The maximum absolute atomic E-state index is 9.93. The van der Waals surface area contributed by atoms with Crippen molar-refractivity contribution in [3.63, 3.8) is 0 Å². The maximum atomic E-state index is 9.93. The number of aromatic nitrogens is 1. The summed E-state index contributed by atoms with van der Waals surface area (Å²) >= 11 is 5.94. The fraction of sp³-hybridized carbons (Fsp3) is 0.333. The van der Waals surface area contributed by atoms with Gasteiger partial charge in [0.1, 0.15) is 0 Å². The Kier molecular flexibility index (Phi) is 2.17. The number of rotatable bonds is 1. The van der Waals surface area contributed by atoms with E-state index in [1.165, 1.54) is 5.01 Å². The van der Waals surface area contributed by atoms with E-state index in [0.29, 0.717) is 17.3 Å². The summed E-state index contributed by atoms with van der Waals surface area (Å²) in [6, 6.07) is 3.45. The molecule has 1 N–H and O–H groups in total. The highest BCUT2D eigenvalue weighted by Gasteiger charge is 2.34. The quantitative estimate of drug-likeness (QED) is 0.768. The molecule has 74 valence electrons. The molecule has 0 amide bonds. The van der Waals surface area contributed by atoms with Gasteiger partial charge in [0, 0.05) is 18.8 Å². The Morgan fingerprint density at radius 1 is 1.64 bits per heavy atom. The van der Waals surface area contributed by atoms with Crippen molar-refractivity contribution in [1.82, 2.24) is 4.98 Å². The number of pyridine rings is 1. The Labute approximate surface area is 86.8 Å². The molecule has 2 heterocycles. The number of nitrogens with zero attached hydrogens (tertiary/aromatic N) is 3. The molecular weight excluding hydrogens is 202 g/mol. The molecule has 0 radical (unpaired) electrons. The predicted octanol–water partition coefficient (Wildman–Crippen LogP) is 1.64. The van der Waals surface area contributed by atoms with E-state index in [1.807, 2.05) is 0 Å². The topological polar surface area (TPSA) is 48.7 Å². The lowest BCUT2D eigenvalue weighted by molar-refractivity contribution is 0.0724. The van der Waals surface area contributed by atoms with Crippen LogP contribution in [0.1, 0.15) is 13.3 Å². The second-order valence-corrected chi connectivity index (χ2v) is 3.75. The van der Waals surface area contributed by atoms with E-state index in [2.05, 4.69) is 10.1 Å². The van der Waals surface area contributed by atoms with Gasteiger partial charge < -0.3 is 5.11 Å². The molecule has 1 unspecified atom stereocenters. The molecule has 0 saturated heterocycles. The van der Waals surface area contributed by atoms with Crippen molar-refractivity contribution < 1.29 is 5.11 Å². The van der Waals surface area contributed by atoms with Crippen molar-refractivity contribution in [2.24, 2.45) is 5.10 Å². The molecular formula is C9H10ClN3O. The van der Waals surface area contributed by atoms with Gasteiger partial charge >= 0.3 is 0 Å². The SMILES string of the molecule is CC1(O)CC=NN1c1ncccc1Cl. The van der Waals surface area contributed by atoms with Crippen molar-refractivity contribution in [2.45, 2.75) is 19.1 Å². The van der Waals surface area contributed by atoms with E-state index in [-0.39, 0.29) is 0 Å². The first-order chi connectivity index (χ1) is 6.61. The zero-order chi connectivity index (χ0) is 10.2. The van der Waals surface area contributed by atoms with Gasteiger partial charge in [-0.25, -0.2) is 9.99 Å².